The maximum atomic E-state index is 13.5. The zero-order chi connectivity index (χ0) is 71.1. The fourth-order valence-corrected chi connectivity index (χ4v) is 13.0. The zero-order valence-electron chi connectivity index (χ0n) is 60.8. The van der Waals surface area contributed by atoms with Gasteiger partial charge in [0.05, 0.1) is 38.6 Å². The molecule has 0 radical (unpaired) electrons. The van der Waals surface area contributed by atoms with E-state index in [2.05, 4.69) is 79.9 Å². The molecule has 0 aromatic carbocycles. The standard InChI is InChI=1S/C79H141NO18/c1-3-5-7-9-11-13-15-17-19-21-23-25-26-27-28-29-30-31-32-33-34-35-36-37-39-41-43-45-47-49-51-53-55-57-67(85)80-62(63(84)56-54-52-50-48-46-44-42-40-38-24-22-20-18-16-14-12-10-8-6-4-2)61-93-77-73(91)70(88)75(65(59-82)95-77)98-79-74(92)71(89)76(66(60-83)96-79)97-78-72(90)69(87)68(86)64(58-81)94-78/h5,7,11,13,17,19,23,25,46,48,54,56,62-66,68-79,81-84,86-92H,3-4,6,8-10,12,14-16,18,20-22,24,26-45,47,49-53,55,57-61H2,1-2H3,(H,80,85)/b7-5-,13-11-,19-17-,25-23-,48-46+,56-54+. The molecule has 19 heteroatoms. The first-order valence-electron chi connectivity index (χ1n) is 39.2. The molecule has 0 spiro atoms. The average molecular weight is 1390 g/mol. The van der Waals surface area contributed by atoms with E-state index in [9.17, 15) is 61.0 Å². The van der Waals surface area contributed by atoms with E-state index in [1.807, 2.05) is 6.08 Å². The van der Waals surface area contributed by atoms with Crippen LogP contribution in [0.4, 0.5) is 0 Å². The fourth-order valence-electron chi connectivity index (χ4n) is 13.0. The second kappa shape index (κ2) is 59.6. The van der Waals surface area contributed by atoms with Gasteiger partial charge in [0.1, 0.15) is 73.2 Å². The van der Waals surface area contributed by atoms with Crippen LogP contribution in [0.15, 0.2) is 72.9 Å². The molecule has 3 saturated heterocycles. The molecule has 1 amide bonds. The first-order valence-corrected chi connectivity index (χ1v) is 39.2. The van der Waals surface area contributed by atoms with Crippen LogP contribution in [0.25, 0.3) is 0 Å². The zero-order valence-corrected chi connectivity index (χ0v) is 60.8. The van der Waals surface area contributed by atoms with Crippen molar-refractivity contribution in [1.82, 2.24) is 5.32 Å². The Labute approximate surface area is 591 Å². The number of aliphatic hydroxyl groups excluding tert-OH is 11. The van der Waals surface area contributed by atoms with Gasteiger partial charge in [-0.2, -0.15) is 0 Å². The van der Waals surface area contributed by atoms with Crippen molar-refractivity contribution < 1.29 is 89.4 Å². The molecule has 3 heterocycles. The molecule has 0 bridgehead atoms. The minimum atomic E-state index is -1.98. The van der Waals surface area contributed by atoms with Gasteiger partial charge in [0.25, 0.3) is 0 Å². The first-order chi connectivity index (χ1) is 47.8. The summed E-state index contributed by atoms with van der Waals surface area (Å²) in [5.41, 5.74) is 0. The number of hydrogen-bond donors (Lipinski definition) is 12. The van der Waals surface area contributed by atoms with Gasteiger partial charge in [0.2, 0.25) is 5.91 Å². The third kappa shape index (κ3) is 39.8. The summed E-state index contributed by atoms with van der Waals surface area (Å²) in [5, 5.41) is 121. The lowest BCUT2D eigenvalue weighted by Crippen LogP contribution is -2.66. The van der Waals surface area contributed by atoms with Crippen LogP contribution in [0, 0.1) is 0 Å². The Bertz CT molecular complexity index is 2050. The number of aliphatic hydroxyl groups is 11. The molecule has 3 fully saturated rings. The summed E-state index contributed by atoms with van der Waals surface area (Å²) < 4.78 is 34.4. The summed E-state index contributed by atoms with van der Waals surface area (Å²) in [6, 6.07) is -0.992. The second-order valence-corrected chi connectivity index (χ2v) is 27.8. The van der Waals surface area contributed by atoms with Gasteiger partial charge in [-0.1, -0.05) is 286 Å². The molecular weight excluding hydrogens is 1250 g/mol. The lowest BCUT2D eigenvalue weighted by Gasteiger charge is -2.48. The SMILES string of the molecule is CC/C=C\C/C=C\C/C=C\C/C=C\CCCCCCCCCCCCCCCCCCCCCCC(=O)NC(COC1OC(CO)C(OC2OC(CO)C(OC3OC(CO)C(O)C(O)C3O)C(O)C2O)C(O)C1O)C(O)/C=C/CC/C=C/CCCCCCCCCCCCCCCC. The lowest BCUT2D eigenvalue weighted by atomic mass is 9.96. The molecule has 570 valence electrons. The highest BCUT2D eigenvalue weighted by Crippen LogP contribution is 2.33. The van der Waals surface area contributed by atoms with E-state index in [0.717, 1.165) is 64.2 Å². The highest BCUT2D eigenvalue weighted by atomic mass is 16.8. The van der Waals surface area contributed by atoms with Crippen LogP contribution in [0.3, 0.4) is 0 Å². The van der Waals surface area contributed by atoms with Gasteiger partial charge in [-0.05, 0) is 70.6 Å². The minimum absolute atomic E-state index is 0.236. The number of rotatable bonds is 61. The molecule has 98 heavy (non-hydrogen) atoms. The van der Waals surface area contributed by atoms with Gasteiger partial charge < -0.3 is 89.9 Å². The third-order valence-corrected chi connectivity index (χ3v) is 19.2. The normalized spacial score (nSPS) is 27.1. The average Bonchev–Trinajstić information content (AvgIpc) is 0.782. The molecule has 0 aromatic rings. The number of nitrogens with one attached hydrogen (secondary N) is 1. The van der Waals surface area contributed by atoms with Crippen molar-refractivity contribution in [2.45, 2.75) is 394 Å². The number of amides is 1. The molecular formula is C79H141NO18. The van der Waals surface area contributed by atoms with E-state index >= 15 is 0 Å². The molecule has 0 saturated carbocycles. The Morgan fingerprint density at radius 3 is 1.14 bits per heavy atom. The Hall–Kier alpha value is -2.77. The maximum absolute atomic E-state index is 13.5. The van der Waals surface area contributed by atoms with Crippen LogP contribution < -0.4 is 5.32 Å². The third-order valence-electron chi connectivity index (χ3n) is 19.2. The summed E-state index contributed by atoms with van der Waals surface area (Å²) in [7, 11) is 0. The Balaban J connectivity index is 1.37. The van der Waals surface area contributed by atoms with Crippen molar-refractivity contribution in [2.24, 2.45) is 0 Å². The monoisotopic (exact) mass is 1390 g/mol. The van der Waals surface area contributed by atoms with E-state index in [-0.39, 0.29) is 18.9 Å². The lowest BCUT2D eigenvalue weighted by molar-refractivity contribution is -0.379. The number of hydrogen-bond acceptors (Lipinski definition) is 18. The predicted molar refractivity (Wildman–Crippen MR) is 388 cm³/mol. The number of allylic oxidation sites excluding steroid dienone is 11. The van der Waals surface area contributed by atoms with Crippen LogP contribution in [-0.2, 0) is 33.2 Å². The molecule has 19 nitrogen and oxygen atoms in total. The van der Waals surface area contributed by atoms with Crippen molar-refractivity contribution in [1.29, 1.82) is 0 Å². The van der Waals surface area contributed by atoms with E-state index in [1.54, 1.807) is 6.08 Å². The predicted octanol–water partition coefficient (Wildman–Crippen LogP) is 12.4. The number of carbonyl (C=O) groups excluding carboxylic acids is 1. The summed E-state index contributed by atoms with van der Waals surface area (Å²) in [4.78, 5) is 13.5. The van der Waals surface area contributed by atoms with Gasteiger partial charge in [-0.25, -0.2) is 0 Å². The summed E-state index contributed by atoms with van der Waals surface area (Å²) in [6.07, 6.45) is 50.3. The van der Waals surface area contributed by atoms with Crippen LogP contribution >= 0.6 is 0 Å². The summed E-state index contributed by atoms with van der Waals surface area (Å²) >= 11 is 0. The second-order valence-electron chi connectivity index (χ2n) is 27.8. The molecule has 3 aliphatic rings. The fraction of sp³-hybridized carbons (Fsp3) is 0.835. The summed E-state index contributed by atoms with van der Waals surface area (Å²) in [5.74, 6) is -0.282. The molecule has 3 rings (SSSR count). The van der Waals surface area contributed by atoms with Crippen molar-refractivity contribution in [3.8, 4) is 0 Å². The van der Waals surface area contributed by atoms with Crippen molar-refractivity contribution >= 4 is 5.91 Å². The van der Waals surface area contributed by atoms with Crippen molar-refractivity contribution in [2.75, 3.05) is 26.4 Å². The Kier molecular flexibility index (Phi) is 54.4. The summed E-state index contributed by atoms with van der Waals surface area (Å²) in [6.45, 7) is 1.63. The van der Waals surface area contributed by atoms with Gasteiger partial charge >= 0.3 is 0 Å². The van der Waals surface area contributed by atoms with Gasteiger partial charge in [-0.3, -0.25) is 4.79 Å². The maximum Gasteiger partial charge on any atom is 0.220 e. The molecule has 0 aromatic heterocycles. The van der Waals surface area contributed by atoms with Crippen LogP contribution in [0.1, 0.15) is 290 Å². The number of carbonyl (C=O) groups is 1. The molecule has 3 aliphatic heterocycles. The molecule has 17 unspecified atom stereocenters. The van der Waals surface area contributed by atoms with Gasteiger partial charge in [0, 0.05) is 6.42 Å². The Morgan fingerprint density at radius 1 is 0.378 bits per heavy atom. The smallest absolute Gasteiger partial charge is 0.220 e. The van der Waals surface area contributed by atoms with Gasteiger partial charge in [0.15, 0.2) is 18.9 Å². The number of ether oxygens (including phenoxy) is 6. The van der Waals surface area contributed by atoms with E-state index in [4.69, 9.17) is 28.4 Å². The van der Waals surface area contributed by atoms with Crippen LogP contribution in [0.5, 0.6) is 0 Å². The quantitative estimate of drug-likeness (QED) is 0.0199. The van der Waals surface area contributed by atoms with Crippen molar-refractivity contribution in [3.05, 3.63) is 72.9 Å². The first kappa shape index (κ1) is 89.4. The van der Waals surface area contributed by atoms with Crippen molar-refractivity contribution in [3.63, 3.8) is 0 Å². The number of unbranched alkanes of at least 4 members (excludes halogenated alkanes) is 35. The minimum Gasteiger partial charge on any atom is -0.394 e. The molecule has 17 atom stereocenters. The topological polar surface area (TPSA) is 307 Å². The van der Waals surface area contributed by atoms with E-state index in [1.165, 1.54) is 193 Å². The highest BCUT2D eigenvalue weighted by molar-refractivity contribution is 5.76. The van der Waals surface area contributed by atoms with Gasteiger partial charge in [-0.15, -0.1) is 0 Å². The highest BCUT2D eigenvalue weighted by Gasteiger charge is 2.53. The molecule has 12 N–H and O–H groups in total. The Morgan fingerprint density at radius 2 is 0.714 bits per heavy atom. The van der Waals surface area contributed by atoms with E-state index in [0.29, 0.717) is 12.8 Å². The van der Waals surface area contributed by atoms with Crippen LogP contribution in [-0.4, -0.2) is 193 Å². The largest absolute Gasteiger partial charge is 0.394 e. The molecule has 0 aliphatic carbocycles. The van der Waals surface area contributed by atoms with E-state index < -0.39 is 124 Å². The van der Waals surface area contributed by atoms with Crippen LogP contribution in [0.2, 0.25) is 0 Å².